The van der Waals surface area contributed by atoms with E-state index in [2.05, 4.69) is 17.1 Å². The molecule has 1 N–H and O–H groups in total. The van der Waals surface area contributed by atoms with Gasteiger partial charge >= 0.3 is 0 Å². The monoisotopic (exact) mass is 318 g/mol. The molecule has 2 aliphatic rings. The van der Waals surface area contributed by atoms with E-state index >= 15 is 0 Å². The largest absolute Gasteiger partial charge is 0.342 e. The molecule has 0 unspecified atom stereocenters. The maximum atomic E-state index is 13.3. The number of piperidine rings is 2. The van der Waals surface area contributed by atoms with Crippen LogP contribution in [0, 0.1) is 17.7 Å². The van der Waals surface area contributed by atoms with Gasteiger partial charge < -0.3 is 10.2 Å². The Balaban J connectivity index is 1.49. The normalized spacial score (nSPS) is 26.3. The van der Waals surface area contributed by atoms with Crippen LogP contribution >= 0.6 is 0 Å². The number of carbonyl (C=O) groups excluding carboxylic acids is 1. The highest BCUT2D eigenvalue weighted by Gasteiger charge is 2.30. The molecule has 0 aromatic heterocycles. The Labute approximate surface area is 138 Å². The number of hydrogen-bond donors (Lipinski definition) is 1. The highest BCUT2D eigenvalue weighted by Crippen LogP contribution is 2.25. The third-order valence-electron chi connectivity index (χ3n) is 5.31. The van der Waals surface area contributed by atoms with Gasteiger partial charge in [0, 0.05) is 25.0 Å². The number of halogens is 1. The molecule has 1 aromatic carbocycles. The summed E-state index contributed by atoms with van der Waals surface area (Å²) in [5.74, 6) is 0.955. The molecule has 2 saturated heterocycles. The van der Waals surface area contributed by atoms with Gasteiger partial charge in [-0.2, -0.15) is 0 Å². The van der Waals surface area contributed by atoms with E-state index in [0.29, 0.717) is 17.9 Å². The Morgan fingerprint density at radius 2 is 2.09 bits per heavy atom. The summed E-state index contributed by atoms with van der Waals surface area (Å²) in [5, 5.41) is 3.41. The van der Waals surface area contributed by atoms with Crippen LogP contribution in [-0.2, 0) is 11.2 Å². The van der Waals surface area contributed by atoms with Crippen molar-refractivity contribution in [2.75, 3.05) is 19.6 Å². The molecule has 126 valence electrons. The predicted molar refractivity (Wildman–Crippen MR) is 89.6 cm³/mol. The van der Waals surface area contributed by atoms with Crippen LogP contribution in [0.3, 0.4) is 0 Å². The topological polar surface area (TPSA) is 32.3 Å². The lowest BCUT2D eigenvalue weighted by Crippen LogP contribution is -2.46. The first-order valence-corrected chi connectivity index (χ1v) is 8.88. The zero-order valence-electron chi connectivity index (χ0n) is 13.9. The summed E-state index contributed by atoms with van der Waals surface area (Å²) in [4.78, 5) is 14.7. The van der Waals surface area contributed by atoms with E-state index in [0.717, 1.165) is 57.3 Å². The van der Waals surface area contributed by atoms with Gasteiger partial charge in [0.1, 0.15) is 5.82 Å². The number of rotatable bonds is 3. The van der Waals surface area contributed by atoms with Gasteiger partial charge in [0.05, 0.1) is 0 Å². The van der Waals surface area contributed by atoms with Crippen LogP contribution in [0.1, 0.15) is 38.2 Å². The first kappa shape index (κ1) is 16.4. The molecule has 3 nitrogen and oxygen atoms in total. The highest BCUT2D eigenvalue weighted by molar-refractivity contribution is 5.79. The molecular formula is C19H27FN2O. The van der Waals surface area contributed by atoms with Gasteiger partial charge in [0.15, 0.2) is 0 Å². The summed E-state index contributed by atoms with van der Waals surface area (Å²) in [7, 11) is 0. The maximum absolute atomic E-state index is 13.3. The third kappa shape index (κ3) is 4.31. The summed E-state index contributed by atoms with van der Waals surface area (Å²) in [6.07, 6.45) is 4.91. The molecule has 0 bridgehead atoms. The van der Waals surface area contributed by atoms with Gasteiger partial charge in [0.2, 0.25) is 5.91 Å². The Bertz CT molecular complexity index is 540. The molecule has 0 spiro atoms. The van der Waals surface area contributed by atoms with Gasteiger partial charge in [-0.15, -0.1) is 0 Å². The van der Waals surface area contributed by atoms with E-state index in [-0.39, 0.29) is 11.7 Å². The molecule has 3 rings (SSSR count). The maximum Gasteiger partial charge on any atom is 0.225 e. The van der Waals surface area contributed by atoms with Crippen molar-refractivity contribution in [3.63, 3.8) is 0 Å². The van der Waals surface area contributed by atoms with Crippen LogP contribution < -0.4 is 5.32 Å². The van der Waals surface area contributed by atoms with Crippen LogP contribution in [0.2, 0.25) is 0 Å². The van der Waals surface area contributed by atoms with E-state index in [1.165, 1.54) is 6.07 Å². The number of nitrogens with zero attached hydrogens (tertiary/aromatic N) is 1. The summed E-state index contributed by atoms with van der Waals surface area (Å²) in [6.45, 7) is 4.83. The predicted octanol–water partition coefficient (Wildman–Crippen LogP) is 2.99. The molecule has 2 fully saturated rings. The lowest BCUT2D eigenvalue weighted by Gasteiger charge is -2.36. The Kier molecular flexibility index (Phi) is 5.31. The van der Waals surface area contributed by atoms with Gasteiger partial charge in [0.25, 0.3) is 0 Å². The minimum atomic E-state index is -0.157. The van der Waals surface area contributed by atoms with Gasteiger partial charge in [-0.3, -0.25) is 4.79 Å². The van der Waals surface area contributed by atoms with Crippen molar-refractivity contribution in [2.45, 2.75) is 45.1 Å². The van der Waals surface area contributed by atoms with Crippen molar-refractivity contribution < 1.29 is 9.18 Å². The quantitative estimate of drug-likeness (QED) is 0.929. The molecule has 2 atom stereocenters. The Morgan fingerprint density at radius 1 is 1.30 bits per heavy atom. The smallest absolute Gasteiger partial charge is 0.225 e. The number of carbonyl (C=O) groups is 1. The van der Waals surface area contributed by atoms with Gasteiger partial charge in [-0.1, -0.05) is 12.1 Å². The Hall–Kier alpha value is -1.42. The summed E-state index contributed by atoms with van der Waals surface area (Å²) >= 11 is 0. The molecule has 0 radical (unpaired) electrons. The number of amides is 1. The van der Waals surface area contributed by atoms with E-state index in [4.69, 9.17) is 0 Å². The first-order valence-electron chi connectivity index (χ1n) is 8.88. The second-order valence-corrected chi connectivity index (χ2v) is 7.18. The number of hydrogen-bond acceptors (Lipinski definition) is 2. The Morgan fingerprint density at radius 3 is 2.78 bits per heavy atom. The summed E-state index contributed by atoms with van der Waals surface area (Å²) < 4.78 is 13.3. The second-order valence-electron chi connectivity index (χ2n) is 7.18. The number of likely N-dealkylation sites (tertiary alicyclic amines) is 1. The standard InChI is InChI=1S/C19H27FN2O/c1-14-11-17(5-8-21-14)19(23)22-9-6-15(7-10-22)12-16-3-2-4-18(20)13-16/h2-4,13-15,17,21H,5-12H2,1H3/t14-,17-/m0/s1. The second kappa shape index (κ2) is 7.43. The van der Waals surface area contributed by atoms with E-state index in [1.807, 2.05) is 6.07 Å². The van der Waals surface area contributed by atoms with Crippen molar-refractivity contribution >= 4 is 5.91 Å². The minimum Gasteiger partial charge on any atom is -0.342 e. The van der Waals surface area contributed by atoms with Gasteiger partial charge in [-0.25, -0.2) is 4.39 Å². The lowest BCUT2D eigenvalue weighted by atomic mass is 9.88. The van der Waals surface area contributed by atoms with Crippen LogP contribution in [0.4, 0.5) is 4.39 Å². The zero-order valence-corrected chi connectivity index (χ0v) is 13.9. The summed E-state index contributed by atoms with van der Waals surface area (Å²) in [6, 6.07) is 7.35. The SMILES string of the molecule is C[C@H]1C[C@@H](C(=O)N2CCC(Cc3cccc(F)c3)CC2)CCN1. The highest BCUT2D eigenvalue weighted by atomic mass is 19.1. The number of nitrogens with one attached hydrogen (secondary N) is 1. The minimum absolute atomic E-state index is 0.157. The van der Waals surface area contributed by atoms with Crippen LogP contribution in [0.15, 0.2) is 24.3 Å². The van der Waals surface area contributed by atoms with E-state index in [9.17, 15) is 9.18 Å². The van der Waals surface area contributed by atoms with Crippen molar-refractivity contribution in [3.05, 3.63) is 35.6 Å². The van der Waals surface area contributed by atoms with Crippen LogP contribution in [-0.4, -0.2) is 36.5 Å². The van der Waals surface area contributed by atoms with E-state index in [1.54, 1.807) is 12.1 Å². The van der Waals surface area contributed by atoms with E-state index < -0.39 is 0 Å². The molecule has 0 saturated carbocycles. The molecule has 4 heteroatoms. The van der Waals surface area contributed by atoms with Crippen LogP contribution in [0.25, 0.3) is 0 Å². The fourth-order valence-electron chi connectivity index (χ4n) is 3.97. The molecule has 23 heavy (non-hydrogen) atoms. The molecule has 1 amide bonds. The molecule has 2 aliphatic heterocycles. The fraction of sp³-hybridized carbons (Fsp3) is 0.632. The average molecular weight is 318 g/mol. The first-order chi connectivity index (χ1) is 11.1. The van der Waals surface area contributed by atoms with Crippen molar-refractivity contribution in [2.24, 2.45) is 11.8 Å². The van der Waals surface area contributed by atoms with Crippen molar-refractivity contribution in [1.82, 2.24) is 10.2 Å². The average Bonchev–Trinajstić information content (AvgIpc) is 2.55. The molecule has 0 aliphatic carbocycles. The fourth-order valence-corrected chi connectivity index (χ4v) is 3.97. The summed E-state index contributed by atoms with van der Waals surface area (Å²) in [5.41, 5.74) is 1.07. The van der Waals surface area contributed by atoms with Crippen molar-refractivity contribution in [1.29, 1.82) is 0 Å². The van der Waals surface area contributed by atoms with Crippen LogP contribution in [0.5, 0.6) is 0 Å². The van der Waals surface area contributed by atoms with Crippen molar-refractivity contribution in [3.8, 4) is 0 Å². The molecule has 2 heterocycles. The number of benzene rings is 1. The lowest BCUT2D eigenvalue weighted by molar-refractivity contribution is -0.138. The zero-order chi connectivity index (χ0) is 16.2. The van der Waals surface area contributed by atoms with Gasteiger partial charge in [-0.05, 0) is 69.2 Å². The molecular weight excluding hydrogens is 291 g/mol. The third-order valence-corrected chi connectivity index (χ3v) is 5.31. The molecule has 1 aromatic rings.